The molecule has 2 heterocycles. The average Bonchev–Trinajstić information content (AvgIpc) is 3.06. The summed E-state index contributed by atoms with van der Waals surface area (Å²) in [6, 6.07) is 45.3. The lowest BCUT2D eigenvalue weighted by molar-refractivity contribution is 0.192. The highest BCUT2D eigenvalue weighted by atomic mass is 15.2. The van der Waals surface area contributed by atoms with Crippen molar-refractivity contribution >= 4 is 0 Å². The van der Waals surface area contributed by atoms with Crippen LogP contribution in [0.5, 0.6) is 0 Å². The Kier molecular flexibility index (Phi) is 13.1. The van der Waals surface area contributed by atoms with E-state index in [0.717, 1.165) is 94.5 Å². The Labute approximate surface area is 276 Å². The van der Waals surface area contributed by atoms with Gasteiger partial charge in [-0.15, -0.1) is 0 Å². The lowest BCUT2D eigenvalue weighted by Gasteiger charge is -2.28. The third-order valence-corrected chi connectivity index (χ3v) is 8.31. The summed E-state index contributed by atoms with van der Waals surface area (Å²) in [5.41, 5.74) is 8.49. The summed E-state index contributed by atoms with van der Waals surface area (Å²) in [6.45, 7) is 12.8. The van der Waals surface area contributed by atoms with Crippen LogP contribution in [0.2, 0.25) is 0 Å². The molecule has 0 saturated carbocycles. The maximum Gasteiger partial charge on any atom is 0.0547 e. The van der Waals surface area contributed by atoms with Gasteiger partial charge in [-0.2, -0.15) is 0 Å². The summed E-state index contributed by atoms with van der Waals surface area (Å²) in [5.74, 6) is 0. The number of benzene rings is 3. The van der Waals surface area contributed by atoms with Crippen molar-refractivity contribution in [3.05, 3.63) is 167 Å². The van der Waals surface area contributed by atoms with Gasteiger partial charge in [0.15, 0.2) is 0 Å². The summed E-state index contributed by atoms with van der Waals surface area (Å²) < 4.78 is 0. The van der Waals surface area contributed by atoms with Gasteiger partial charge in [-0.1, -0.05) is 103 Å². The van der Waals surface area contributed by atoms with E-state index in [1.165, 1.54) is 16.7 Å². The van der Waals surface area contributed by atoms with Crippen molar-refractivity contribution < 1.29 is 0 Å². The van der Waals surface area contributed by atoms with Crippen LogP contribution in [0, 0.1) is 13.8 Å². The minimum atomic E-state index is 0.858. The van der Waals surface area contributed by atoms with Gasteiger partial charge in [0.05, 0.1) is 11.4 Å². The number of aryl methyl sites for hydroxylation is 2. The number of aromatic nitrogens is 2. The van der Waals surface area contributed by atoms with Crippen LogP contribution >= 0.6 is 0 Å². The summed E-state index contributed by atoms with van der Waals surface area (Å²) in [5, 5.41) is 0. The van der Waals surface area contributed by atoms with Crippen LogP contribution in [0.1, 0.15) is 52.3 Å². The van der Waals surface area contributed by atoms with Crippen molar-refractivity contribution in [3.63, 3.8) is 0 Å². The molecule has 0 unspecified atom stereocenters. The molecule has 0 atom stereocenters. The molecule has 0 spiro atoms. The van der Waals surface area contributed by atoms with Crippen LogP contribution in [0.4, 0.5) is 0 Å². The van der Waals surface area contributed by atoms with Gasteiger partial charge >= 0.3 is 0 Å². The molecule has 3 aromatic carbocycles. The number of pyridine rings is 2. The third-order valence-electron chi connectivity index (χ3n) is 8.31. The smallest absolute Gasteiger partial charge is 0.0547 e. The second kappa shape index (κ2) is 18.1. The lowest BCUT2D eigenvalue weighted by atomic mass is 10.1. The molecule has 0 fully saturated rings. The standard InChI is InChI=1S/C41H49N5/c1-35-16-12-24-40(42-35)33-45(31-38-20-8-4-9-21-38)28-14-26-44(30-37-18-6-3-7-19-37)27-15-29-46(32-39-22-10-5-11-23-39)34-41-25-13-17-36(2)43-41/h3-13,16-25H,14-15,26-34H2,1-2H3. The van der Waals surface area contributed by atoms with Crippen LogP contribution in [0.3, 0.4) is 0 Å². The molecule has 46 heavy (non-hydrogen) atoms. The molecule has 0 amide bonds. The van der Waals surface area contributed by atoms with Crippen LogP contribution in [0.25, 0.3) is 0 Å². The molecular formula is C41H49N5. The van der Waals surface area contributed by atoms with Crippen molar-refractivity contribution in [2.75, 3.05) is 26.2 Å². The maximum absolute atomic E-state index is 4.81. The zero-order valence-corrected chi connectivity index (χ0v) is 27.6. The number of rotatable bonds is 18. The Morgan fingerprint density at radius 1 is 0.370 bits per heavy atom. The lowest BCUT2D eigenvalue weighted by Crippen LogP contribution is -2.32. The summed E-state index contributed by atoms with van der Waals surface area (Å²) >= 11 is 0. The summed E-state index contributed by atoms with van der Waals surface area (Å²) in [6.07, 6.45) is 2.21. The minimum Gasteiger partial charge on any atom is -0.299 e. The largest absolute Gasteiger partial charge is 0.299 e. The zero-order chi connectivity index (χ0) is 31.8. The Bertz CT molecular complexity index is 1460. The van der Waals surface area contributed by atoms with Crippen LogP contribution in [-0.4, -0.2) is 50.8 Å². The SMILES string of the molecule is Cc1cccc(CN(CCCN(CCCN(Cc2ccccc2)Cc2cccc(C)n2)Cc2ccccc2)Cc2ccccc2)n1. The fourth-order valence-corrected chi connectivity index (χ4v) is 6.09. The third kappa shape index (κ3) is 11.6. The molecular weight excluding hydrogens is 562 g/mol. The van der Waals surface area contributed by atoms with Gasteiger partial charge in [0.1, 0.15) is 0 Å². The molecule has 0 radical (unpaired) electrons. The van der Waals surface area contributed by atoms with Crippen LogP contribution in [0.15, 0.2) is 127 Å². The topological polar surface area (TPSA) is 35.5 Å². The van der Waals surface area contributed by atoms with Gasteiger partial charge in [-0.3, -0.25) is 24.7 Å². The Morgan fingerprint density at radius 2 is 0.717 bits per heavy atom. The molecule has 0 aliphatic carbocycles. The second-order valence-electron chi connectivity index (χ2n) is 12.4. The van der Waals surface area contributed by atoms with Gasteiger partial charge < -0.3 is 0 Å². The van der Waals surface area contributed by atoms with Gasteiger partial charge in [0, 0.05) is 57.2 Å². The predicted octanol–water partition coefficient (Wildman–Crippen LogP) is 8.08. The van der Waals surface area contributed by atoms with Crippen molar-refractivity contribution in [3.8, 4) is 0 Å². The highest BCUT2D eigenvalue weighted by Gasteiger charge is 2.13. The van der Waals surface area contributed by atoms with Gasteiger partial charge in [0.25, 0.3) is 0 Å². The van der Waals surface area contributed by atoms with Crippen molar-refractivity contribution in [2.45, 2.75) is 59.4 Å². The Balaban J connectivity index is 1.22. The number of nitrogens with zero attached hydrogens (tertiary/aromatic N) is 5. The van der Waals surface area contributed by atoms with Crippen LogP contribution in [-0.2, 0) is 32.7 Å². The van der Waals surface area contributed by atoms with E-state index < -0.39 is 0 Å². The van der Waals surface area contributed by atoms with Gasteiger partial charge in [-0.25, -0.2) is 0 Å². The summed E-state index contributed by atoms with van der Waals surface area (Å²) in [7, 11) is 0. The first-order valence-corrected chi connectivity index (χ1v) is 16.7. The molecule has 238 valence electrons. The molecule has 0 aliphatic heterocycles. The molecule has 2 aromatic heterocycles. The fraction of sp³-hybridized carbons (Fsp3) is 0.317. The maximum atomic E-state index is 4.81. The normalized spacial score (nSPS) is 11.5. The van der Waals surface area contributed by atoms with Gasteiger partial charge in [0.2, 0.25) is 0 Å². The molecule has 0 bridgehead atoms. The average molecular weight is 612 g/mol. The first-order valence-electron chi connectivity index (χ1n) is 16.7. The molecule has 0 saturated heterocycles. The zero-order valence-electron chi connectivity index (χ0n) is 27.6. The molecule has 0 aliphatic rings. The molecule has 0 N–H and O–H groups in total. The van der Waals surface area contributed by atoms with E-state index in [4.69, 9.17) is 9.97 Å². The van der Waals surface area contributed by atoms with E-state index in [1.54, 1.807) is 0 Å². The molecule has 5 aromatic rings. The Hall–Kier alpha value is -4.16. The number of hydrogen-bond donors (Lipinski definition) is 0. The molecule has 5 nitrogen and oxygen atoms in total. The minimum absolute atomic E-state index is 0.858. The van der Waals surface area contributed by atoms with Gasteiger partial charge in [-0.05, 0) is 80.7 Å². The second-order valence-corrected chi connectivity index (χ2v) is 12.4. The fourth-order valence-electron chi connectivity index (χ4n) is 6.09. The van der Waals surface area contributed by atoms with E-state index in [1.807, 2.05) is 0 Å². The molecule has 5 rings (SSSR count). The predicted molar refractivity (Wildman–Crippen MR) is 190 cm³/mol. The number of hydrogen-bond acceptors (Lipinski definition) is 5. The van der Waals surface area contributed by atoms with E-state index >= 15 is 0 Å². The van der Waals surface area contributed by atoms with Crippen molar-refractivity contribution in [1.29, 1.82) is 0 Å². The Morgan fingerprint density at radius 3 is 1.09 bits per heavy atom. The van der Waals surface area contributed by atoms with E-state index in [0.29, 0.717) is 0 Å². The highest BCUT2D eigenvalue weighted by Crippen LogP contribution is 2.14. The molecule has 5 heteroatoms. The van der Waals surface area contributed by atoms with E-state index in [9.17, 15) is 0 Å². The van der Waals surface area contributed by atoms with Crippen molar-refractivity contribution in [1.82, 2.24) is 24.7 Å². The van der Waals surface area contributed by atoms with Crippen molar-refractivity contribution in [2.24, 2.45) is 0 Å². The first-order chi connectivity index (χ1) is 22.6. The first kappa shape index (κ1) is 33.2. The van der Waals surface area contributed by atoms with E-state index in [-0.39, 0.29) is 0 Å². The quantitative estimate of drug-likeness (QED) is 0.100. The highest BCUT2D eigenvalue weighted by molar-refractivity contribution is 5.17. The van der Waals surface area contributed by atoms with E-state index in [2.05, 4.69) is 156 Å². The van der Waals surface area contributed by atoms with Crippen LogP contribution < -0.4 is 0 Å². The monoisotopic (exact) mass is 611 g/mol. The summed E-state index contributed by atoms with van der Waals surface area (Å²) in [4.78, 5) is 17.4.